The number of ether oxygens (including phenoxy) is 2. The van der Waals surface area contributed by atoms with Crippen LogP contribution < -0.4 is 4.90 Å². The van der Waals surface area contributed by atoms with E-state index < -0.39 is 11.0 Å². The number of hydrogen-bond acceptors (Lipinski definition) is 4. The van der Waals surface area contributed by atoms with Crippen LogP contribution in [0.15, 0.2) is 54.6 Å². The molecule has 3 heterocycles. The van der Waals surface area contributed by atoms with Crippen molar-refractivity contribution in [3.8, 4) is 0 Å². The highest BCUT2D eigenvalue weighted by Gasteiger charge is 2.51. The van der Waals surface area contributed by atoms with Gasteiger partial charge in [0.2, 0.25) is 5.91 Å². The molecule has 32 heavy (non-hydrogen) atoms. The molecule has 6 nitrogen and oxygen atoms in total. The Labute approximate surface area is 189 Å². The molecule has 1 spiro atoms. The Balaban J connectivity index is 1.39. The normalized spacial score (nSPS) is 25.3. The minimum atomic E-state index is -0.556. The van der Waals surface area contributed by atoms with Crippen LogP contribution in [0.2, 0.25) is 0 Å². The zero-order chi connectivity index (χ0) is 22.2. The van der Waals surface area contributed by atoms with E-state index in [1.807, 2.05) is 46.2 Å². The minimum absolute atomic E-state index is 0.0349. The number of morpholine rings is 1. The number of aryl methyl sites for hydroxylation is 1. The second-order valence-electron chi connectivity index (χ2n) is 9.33. The largest absolute Gasteiger partial charge is 0.381 e. The average molecular weight is 435 g/mol. The van der Waals surface area contributed by atoms with Crippen LogP contribution in [0.25, 0.3) is 0 Å². The second-order valence-corrected chi connectivity index (χ2v) is 9.33. The molecule has 0 bridgehead atoms. The van der Waals surface area contributed by atoms with Crippen LogP contribution in [0.1, 0.15) is 30.4 Å². The number of likely N-dealkylation sites (tertiary alicyclic amines) is 1. The van der Waals surface area contributed by atoms with E-state index in [1.165, 1.54) is 0 Å². The summed E-state index contributed by atoms with van der Waals surface area (Å²) in [6.45, 7) is 4.92. The predicted octanol–water partition coefficient (Wildman–Crippen LogP) is 3.08. The van der Waals surface area contributed by atoms with E-state index in [9.17, 15) is 9.59 Å². The molecule has 2 amide bonds. The Morgan fingerprint density at radius 3 is 2.50 bits per heavy atom. The van der Waals surface area contributed by atoms with E-state index in [2.05, 4.69) is 25.1 Å². The Morgan fingerprint density at radius 2 is 1.75 bits per heavy atom. The first kappa shape index (κ1) is 21.2. The highest BCUT2D eigenvalue weighted by Crippen LogP contribution is 2.40. The maximum absolute atomic E-state index is 14.0. The summed E-state index contributed by atoms with van der Waals surface area (Å²) in [7, 11) is 0. The Bertz CT molecular complexity index is 1000. The van der Waals surface area contributed by atoms with Gasteiger partial charge in [-0.1, -0.05) is 48.0 Å². The molecule has 2 aromatic carbocycles. The molecule has 3 aliphatic heterocycles. The summed E-state index contributed by atoms with van der Waals surface area (Å²) in [5, 5.41) is 0. The van der Waals surface area contributed by atoms with Crippen molar-refractivity contribution < 1.29 is 19.1 Å². The van der Waals surface area contributed by atoms with Crippen molar-refractivity contribution in [2.45, 2.75) is 37.2 Å². The van der Waals surface area contributed by atoms with Crippen LogP contribution in [0.5, 0.6) is 0 Å². The van der Waals surface area contributed by atoms with Crippen LogP contribution in [0.3, 0.4) is 0 Å². The molecule has 3 saturated heterocycles. The fraction of sp³-hybridized carbons (Fsp3) is 0.462. The van der Waals surface area contributed by atoms with E-state index in [0.29, 0.717) is 45.7 Å². The lowest BCUT2D eigenvalue weighted by Gasteiger charge is -2.42. The molecule has 0 saturated carbocycles. The minimum Gasteiger partial charge on any atom is -0.381 e. The number of nitrogens with zero attached hydrogens (tertiary/aromatic N) is 2. The summed E-state index contributed by atoms with van der Waals surface area (Å²) in [4.78, 5) is 30.4. The van der Waals surface area contributed by atoms with Crippen molar-refractivity contribution >= 4 is 17.5 Å². The zero-order valence-corrected chi connectivity index (χ0v) is 18.6. The number of amides is 2. The third kappa shape index (κ3) is 3.71. The van der Waals surface area contributed by atoms with Crippen molar-refractivity contribution in [2.24, 2.45) is 0 Å². The van der Waals surface area contributed by atoms with Crippen LogP contribution in [0, 0.1) is 6.92 Å². The third-order valence-corrected chi connectivity index (χ3v) is 7.25. The van der Waals surface area contributed by atoms with Gasteiger partial charge in [0.1, 0.15) is 12.2 Å². The van der Waals surface area contributed by atoms with E-state index in [1.54, 1.807) is 0 Å². The number of rotatable bonds is 3. The highest BCUT2D eigenvalue weighted by molar-refractivity contribution is 5.95. The summed E-state index contributed by atoms with van der Waals surface area (Å²) in [5.41, 5.74) is 2.05. The van der Waals surface area contributed by atoms with Crippen LogP contribution in [-0.2, 0) is 24.5 Å². The summed E-state index contributed by atoms with van der Waals surface area (Å²) in [6.07, 6.45) is 2.11. The smallest absolute Gasteiger partial charge is 0.253 e. The highest BCUT2D eigenvalue weighted by atomic mass is 16.5. The van der Waals surface area contributed by atoms with Gasteiger partial charge in [-0.25, -0.2) is 0 Å². The van der Waals surface area contributed by atoms with Gasteiger partial charge in [0.25, 0.3) is 5.91 Å². The van der Waals surface area contributed by atoms with Crippen molar-refractivity contribution in [3.63, 3.8) is 0 Å². The van der Waals surface area contributed by atoms with Crippen molar-refractivity contribution in [2.75, 3.05) is 44.4 Å². The molecule has 6 heteroatoms. The number of hydrogen-bond donors (Lipinski definition) is 0. The first-order valence-electron chi connectivity index (χ1n) is 11.5. The fourth-order valence-electron chi connectivity index (χ4n) is 5.41. The SMILES string of the molecule is Cc1cccc(C2(C(=O)N3CC[C@]4(C3)CN(c3ccccc3)C(=O)CO4)CCOCC2)c1. The molecule has 3 fully saturated rings. The number of para-hydroxylation sites is 1. The Hall–Kier alpha value is -2.70. The van der Waals surface area contributed by atoms with Gasteiger partial charge >= 0.3 is 0 Å². The lowest BCUT2D eigenvalue weighted by atomic mass is 9.72. The first-order chi connectivity index (χ1) is 15.5. The molecule has 0 radical (unpaired) electrons. The van der Waals surface area contributed by atoms with Crippen LogP contribution in [-0.4, -0.2) is 61.8 Å². The molecule has 2 aromatic rings. The monoisotopic (exact) mass is 434 g/mol. The molecule has 0 aromatic heterocycles. The maximum Gasteiger partial charge on any atom is 0.253 e. The van der Waals surface area contributed by atoms with Gasteiger partial charge in [0.05, 0.1) is 18.5 Å². The van der Waals surface area contributed by atoms with E-state index in [-0.39, 0.29) is 18.4 Å². The van der Waals surface area contributed by atoms with Gasteiger partial charge in [-0.2, -0.15) is 0 Å². The maximum atomic E-state index is 14.0. The van der Waals surface area contributed by atoms with Crippen molar-refractivity contribution in [1.29, 1.82) is 0 Å². The molecule has 3 aliphatic rings. The molecular weight excluding hydrogens is 404 g/mol. The van der Waals surface area contributed by atoms with Gasteiger partial charge in [-0.3, -0.25) is 9.59 Å². The van der Waals surface area contributed by atoms with Crippen molar-refractivity contribution in [3.05, 3.63) is 65.7 Å². The molecule has 1 atom stereocenters. The molecule has 168 valence electrons. The summed E-state index contributed by atoms with van der Waals surface area (Å²) >= 11 is 0. The third-order valence-electron chi connectivity index (χ3n) is 7.25. The standard InChI is InChI=1S/C26H30N2O4/c1-20-6-5-7-21(16-20)26(11-14-31-15-12-26)24(30)27-13-10-25(18-27)19-28(23(29)17-32-25)22-8-3-2-4-9-22/h2-9,16H,10-15,17-19H2,1H3/t25-/m0/s1. The Kier molecular flexibility index (Phi) is 5.51. The lowest BCUT2D eigenvalue weighted by Crippen LogP contribution is -2.57. The van der Waals surface area contributed by atoms with Crippen LogP contribution >= 0.6 is 0 Å². The predicted molar refractivity (Wildman–Crippen MR) is 122 cm³/mol. The van der Waals surface area contributed by atoms with E-state index >= 15 is 0 Å². The topological polar surface area (TPSA) is 59.1 Å². The average Bonchev–Trinajstić information content (AvgIpc) is 3.25. The molecule has 0 aliphatic carbocycles. The van der Waals surface area contributed by atoms with Gasteiger partial charge in [-0.15, -0.1) is 0 Å². The number of benzene rings is 2. The summed E-state index contributed by atoms with van der Waals surface area (Å²) in [6, 6.07) is 18.0. The summed E-state index contributed by atoms with van der Waals surface area (Å²) < 4.78 is 11.7. The fourth-order valence-corrected chi connectivity index (χ4v) is 5.41. The van der Waals surface area contributed by atoms with Gasteiger partial charge in [0, 0.05) is 25.4 Å². The van der Waals surface area contributed by atoms with Gasteiger partial charge in [0.15, 0.2) is 0 Å². The summed E-state index contributed by atoms with van der Waals surface area (Å²) in [5.74, 6) is 0.127. The van der Waals surface area contributed by atoms with Crippen molar-refractivity contribution in [1.82, 2.24) is 4.90 Å². The molecular formula is C26H30N2O4. The van der Waals surface area contributed by atoms with E-state index in [0.717, 1.165) is 23.2 Å². The molecule has 5 rings (SSSR count). The number of carbonyl (C=O) groups is 2. The number of anilines is 1. The second kappa shape index (κ2) is 8.34. The Morgan fingerprint density at radius 1 is 0.969 bits per heavy atom. The molecule has 0 N–H and O–H groups in total. The molecule has 0 unspecified atom stereocenters. The quantitative estimate of drug-likeness (QED) is 0.745. The van der Waals surface area contributed by atoms with E-state index in [4.69, 9.17) is 9.47 Å². The van der Waals surface area contributed by atoms with Gasteiger partial charge in [-0.05, 0) is 43.9 Å². The first-order valence-corrected chi connectivity index (χ1v) is 11.5. The van der Waals surface area contributed by atoms with Crippen LogP contribution in [0.4, 0.5) is 5.69 Å². The number of carbonyl (C=O) groups excluding carboxylic acids is 2. The van der Waals surface area contributed by atoms with Gasteiger partial charge < -0.3 is 19.3 Å². The zero-order valence-electron chi connectivity index (χ0n) is 18.6. The lowest BCUT2D eigenvalue weighted by molar-refractivity contribution is -0.144.